The third-order valence-electron chi connectivity index (χ3n) is 2.58. The van der Waals surface area contributed by atoms with Crippen molar-refractivity contribution in [1.29, 1.82) is 0 Å². The highest BCUT2D eigenvalue weighted by Gasteiger charge is 2.16. The van der Waals surface area contributed by atoms with Crippen molar-refractivity contribution < 1.29 is 0 Å². The van der Waals surface area contributed by atoms with Gasteiger partial charge in [0.25, 0.3) is 0 Å². The topological polar surface area (TPSA) is 38.9 Å². The monoisotopic (exact) mass is 198 g/mol. The number of thiazole rings is 1. The second kappa shape index (κ2) is 4.20. The lowest BCUT2D eigenvalue weighted by molar-refractivity contribution is 0.419. The van der Waals surface area contributed by atoms with Crippen LogP contribution in [0.3, 0.4) is 0 Å². The zero-order valence-corrected chi connectivity index (χ0v) is 9.45. The molecule has 0 radical (unpaired) electrons. The smallest absolute Gasteiger partial charge is 0.0797 e. The van der Waals surface area contributed by atoms with Crippen molar-refractivity contribution in [3.05, 3.63) is 16.1 Å². The van der Waals surface area contributed by atoms with Gasteiger partial charge in [0.2, 0.25) is 0 Å². The highest BCUT2D eigenvalue weighted by Crippen LogP contribution is 2.19. The van der Waals surface area contributed by atoms with Gasteiger partial charge in [-0.25, -0.2) is 4.98 Å². The Morgan fingerprint density at radius 1 is 1.62 bits per heavy atom. The Kier molecular flexibility index (Phi) is 3.45. The third kappa shape index (κ3) is 3.08. The number of aromatic nitrogens is 1. The molecule has 0 fully saturated rings. The first-order valence-electron chi connectivity index (χ1n) is 4.73. The molecule has 1 aromatic heterocycles. The Hall–Kier alpha value is -0.410. The largest absolute Gasteiger partial charge is 0.325 e. The van der Waals surface area contributed by atoms with Crippen LogP contribution in [0.1, 0.15) is 37.3 Å². The summed E-state index contributed by atoms with van der Waals surface area (Å²) >= 11 is 1.73. The molecule has 0 saturated carbocycles. The second-order valence-electron chi connectivity index (χ2n) is 3.87. The molecule has 0 bridgehead atoms. The van der Waals surface area contributed by atoms with E-state index in [9.17, 15) is 0 Å². The predicted molar refractivity (Wildman–Crippen MR) is 58.1 cm³/mol. The van der Waals surface area contributed by atoms with Crippen LogP contribution in [-0.4, -0.2) is 10.5 Å². The van der Waals surface area contributed by atoms with Crippen molar-refractivity contribution >= 4 is 11.3 Å². The first kappa shape index (κ1) is 10.7. The Bertz CT molecular complexity index is 266. The summed E-state index contributed by atoms with van der Waals surface area (Å²) in [7, 11) is 0. The molecule has 0 aliphatic rings. The summed E-state index contributed by atoms with van der Waals surface area (Å²) in [5, 5.41) is 0. The van der Waals surface area contributed by atoms with Crippen LogP contribution in [0.2, 0.25) is 0 Å². The van der Waals surface area contributed by atoms with Crippen LogP contribution in [0.25, 0.3) is 0 Å². The Labute approximate surface area is 84.2 Å². The molecule has 1 heterocycles. The zero-order chi connectivity index (χ0) is 9.90. The van der Waals surface area contributed by atoms with E-state index >= 15 is 0 Å². The summed E-state index contributed by atoms with van der Waals surface area (Å²) in [6, 6.07) is 0. The van der Waals surface area contributed by atoms with E-state index in [2.05, 4.69) is 25.8 Å². The molecule has 1 unspecified atom stereocenters. The number of hydrogen-bond donors (Lipinski definition) is 1. The van der Waals surface area contributed by atoms with E-state index in [0.717, 1.165) is 25.0 Å². The van der Waals surface area contributed by atoms with E-state index in [1.54, 1.807) is 11.3 Å². The fourth-order valence-electron chi connectivity index (χ4n) is 1.14. The van der Waals surface area contributed by atoms with Crippen molar-refractivity contribution in [1.82, 2.24) is 4.98 Å². The molecule has 2 nitrogen and oxygen atoms in total. The van der Waals surface area contributed by atoms with Gasteiger partial charge in [-0.2, -0.15) is 0 Å². The van der Waals surface area contributed by atoms with Gasteiger partial charge in [-0.15, -0.1) is 11.3 Å². The highest BCUT2D eigenvalue weighted by atomic mass is 32.1. The van der Waals surface area contributed by atoms with Gasteiger partial charge in [0.05, 0.1) is 11.2 Å². The lowest BCUT2D eigenvalue weighted by Crippen LogP contribution is -2.35. The molecule has 0 aliphatic carbocycles. The van der Waals surface area contributed by atoms with E-state index in [4.69, 9.17) is 5.73 Å². The molecule has 1 atom stereocenters. The quantitative estimate of drug-likeness (QED) is 0.807. The zero-order valence-electron chi connectivity index (χ0n) is 8.63. The van der Waals surface area contributed by atoms with Crippen LogP contribution >= 0.6 is 11.3 Å². The van der Waals surface area contributed by atoms with Crippen molar-refractivity contribution in [2.45, 2.75) is 45.6 Å². The van der Waals surface area contributed by atoms with Crippen LogP contribution in [0, 0.1) is 6.92 Å². The maximum atomic E-state index is 6.07. The van der Waals surface area contributed by atoms with Gasteiger partial charge >= 0.3 is 0 Å². The normalized spacial score (nSPS) is 15.7. The maximum absolute atomic E-state index is 6.07. The third-order valence-corrected chi connectivity index (χ3v) is 3.57. The van der Waals surface area contributed by atoms with Gasteiger partial charge < -0.3 is 5.73 Å². The van der Waals surface area contributed by atoms with E-state index in [-0.39, 0.29) is 5.54 Å². The van der Waals surface area contributed by atoms with Crippen molar-refractivity contribution in [2.75, 3.05) is 0 Å². The Morgan fingerprint density at radius 2 is 2.31 bits per heavy atom. The standard InChI is InChI=1S/C10H18N2S/c1-4-10(3,11)6-5-9-8(2)12-7-13-9/h7H,4-6,11H2,1-3H3. The van der Waals surface area contributed by atoms with Gasteiger partial charge in [0.1, 0.15) is 0 Å². The Morgan fingerprint density at radius 3 is 2.77 bits per heavy atom. The van der Waals surface area contributed by atoms with Crippen molar-refractivity contribution in [3.8, 4) is 0 Å². The minimum Gasteiger partial charge on any atom is -0.325 e. The predicted octanol–water partition coefficient (Wildman–Crippen LogP) is 2.51. The number of rotatable bonds is 4. The van der Waals surface area contributed by atoms with Crippen molar-refractivity contribution in [3.63, 3.8) is 0 Å². The molecule has 0 amide bonds. The molecule has 13 heavy (non-hydrogen) atoms. The van der Waals surface area contributed by atoms with Crippen LogP contribution in [0.4, 0.5) is 0 Å². The van der Waals surface area contributed by atoms with Crippen LogP contribution in [0.15, 0.2) is 5.51 Å². The molecule has 1 aromatic rings. The molecule has 3 heteroatoms. The molecule has 0 spiro atoms. The molecule has 0 aliphatic heterocycles. The fourth-order valence-corrected chi connectivity index (χ4v) is 1.92. The molecule has 0 aromatic carbocycles. The summed E-state index contributed by atoms with van der Waals surface area (Å²) in [4.78, 5) is 5.60. The van der Waals surface area contributed by atoms with Crippen molar-refractivity contribution in [2.24, 2.45) is 5.73 Å². The maximum Gasteiger partial charge on any atom is 0.0797 e. The van der Waals surface area contributed by atoms with Gasteiger partial charge in [-0.1, -0.05) is 6.92 Å². The Balaban J connectivity index is 2.48. The van der Waals surface area contributed by atoms with Gasteiger partial charge in [-0.05, 0) is 33.1 Å². The van der Waals surface area contributed by atoms with Crippen LogP contribution < -0.4 is 5.73 Å². The summed E-state index contributed by atoms with van der Waals surface area (Å²) in [6.45, 7) is 6.31. The summed E-state index contributed by atoms with van der Waals surface area (Å²) in [5.74, 6) is 0. The summed E-state index contributed by atoms with van der Waals surface area (Å²) < 4.78 is 0. The van der Waals surface area contributed by atoms with Gasteiger partial charge in [-0.3, -0.25) is 0 Å². The molecule has 0 saturated heterocycles. The van der Waals surface area contributed by atoms with Gasteiger partial charge in [0.15, 0.2) is 0 Å². The summed E-state index contributed by atoms with van der Waals surface area (Å²) in [5.41, 5.74) is 9.12. The van der Waals surface area contributed by atoms with E-state index < -0.39 is 0 Å². The second-order valence-corrected chi connectivity index (χ2v) is 4.81. The first-order valence-corrected chi connectivity index (χ1v) is 5.61. The minimum atomic E-state index is -0.0174. The first-order chi connectivity index (χ1) is 6.05. The molecule has 2 N–H and O–H groups in total. The van der Waals surface area contributed by atoms with E-state index in [0.29, 0.717) is 0 Å². The molecule has 1 rings (SSSR count). The lowest BCUT2D eigenvalue weighted by Gasteiger charge is -2.21. The molecular formula is C10H18N2S. The lowest BCUT2D eigenvalue weighted by atomic mass is 9.94. The average molecular weight is 198 g/mol. The minimum absolute atomic E-state index is 0.0174. The summed E-state index contributed by atoms with van der Waals surface area (Å²) in [6.07, 6.45) is 3.15. The number of hydrogen-bond acceptors (Lipinski definition) is 3. The van der Waals surface area contributed by atoms with E-state index in [1.807, 2.05) is 5.51 Å². The molecule has 74 valence electrons. The molecular weight excluding hydrogens is 180 g/mol. The van der Waals surface area contributed by atoms with E-state index in [1.165, 1.54) is 4.88 Å². The SMILES string of the molecule is CCC(C)(N)CCc1scnc1C. The van der Waals surface area contributed by atoms with Crippen LogP contribution in [0.5, 0.6) is 0 Å². The van der Waals surface area contributed by atoms with Crippen LogP contribution in [-0.2, 0) is 6.42 Å². The average Bonchev–Trinajstić information content (AvgIpc) is 2.48. The number of nitrogens with zero attached hydrogens (tertiary/aromatic N) is 1. The fraction of sp³-hybridized carbons (Fsp3) is 0.700. The highest BCUT2D eigenvalue weighted by molar-refractivity contribution is 7.09. The van der Waals surface area contributed by atoms with Gasteiger partial charge in [0, 0.05) is 10.4 Å². The number of nitrogens with two attached hydrogens (primary N) is 1. The number of aryl methyl sites for hydroxylation is 2.